The number of carbonyl (C=O) groups is 3. The number of nitrogens with two attached hydrogens (primary N) is 2. The number of amides is 1. The molecule has 9 N–H and O–H groups in total. The number of carbonyl (C=O) groups excluding carboxylic acids is 3. The van der Waals surface area contributed by atoms with Crippen LogP contribution in [0.3, 0.4) is 0 Å². The maximum absolute atomic E-state index is 13.9. The first kappa shape index (κ1) is 48.5. The molecule has 0 saturated carbocycles. The van der Waals surface area contributed by atoms with Crippen molar-refractivity contribution < 1.29 is 71.1 Å². The zero-order chi connectivity index (χ0) is 46.2. The summed E-state index contributed by atoms with van der Waals surface area (Å²) in [7, 11) is -10.4. The lowest BCUT2D eigenvalue weighted by molar-refractivity contribution is -0.160. The SMILES string of the molecule is C=CCCC(=O)N[C@@H](CC(=O)SCCc1ccccc1)C(=O)O[C@H]1[C@@H](O)[C@H](n2cnc3c(N)ncnc32)O[C@@H]1COP(=O)(O)O[C@H]1C[C@H](n2ccc(N)nc2=O)O[C@@H]1COP(=O)(O)O. The molecule has 2 fully saturated rings. The Hall–Kier alpha value is -4.95. The molecule has 64 heavy (non-hydrogen) atoms. The number of benzene rings is 1. The van der Waals surface area contributed by atoms with Gasteiger partial charge in [0.1, 0.15) is 54.3 Å². The minimum atomic E-state index is -5.26. The monoisotopic (exact) mass is 953 g/mol. The van der Waals surface area contributed by atoms with E-state index in [9.17, 15) is 48.1 Å². The number of anilines is 2. The largest absolute Gasteiger partial charge is 0.472 e. The smallest absolute Gasteiger partial charge is 0.455 e. The number of allylic oxidation sites excluding steroid dienone is 1. The van der Waals surface area contributed by atoms with Crippen LogP contribution >= 0.6 is 27.4 Å². The highest BCUT2D eigenvalue weighted by Gasteiger charge is 2.50. The Morgan fingerprint density at radius 2 is 1.78 bits per heavy atom. The van der Waals surface area contributed by atoms with Gasteiger partial charge in [-0.25, -0.2) is 33.7 Å². The second-order valence-electron chi connectivity index (χ2n) is 14.2. The molecule has 2 aliphatic rings. The molecule has 0 bridgehead atoms. The molecule has 346 valence electrons. The minimum Gasteiger partial charge on any atom is -0.455 e. The lowest BCUT2D eigenvalue weighted by Crippen LogP contribution is -2.47. The Bertz CT molecular complexity index is 2460. The number of fused-ring (bicyclic) bond motifs is 1. The number of rotatable bonds is 21. The molecular weight excluding hydrogens is 908 g/mol. The van der Waals surface area contributed by atoms with Gasteiger partial charge in [-0.3, -0.25) is 32.3 Å². The van der Waals surface area contributed by atoms with Crippen molar-refractivity contribution in [3.05, 3.63) is 84.0 Å². The molecule has 9 atom stereocenters. The standard InChI is InChI=1S/C36H45N9O16P2S/c1-2-3-9-26(46)42-21(14-28(47)64-13-11-20-7-5-4-6-8-20)35(49)60-31-24(59-34(30(31)48)45-19-41-29-32(38)39-18-40-33(29)45)17-57-63(54,55)61-22-15-27(44-12-10-25(37)43-36(44)50)58-23(22)16-56-62(51,52)53/h2,4-8,10,12,18-19,21-24,27,30-31,34,48H,1,3,9,11,13-17H2,(H,42,46)(H,54,55)(H2,37,43,50)(H2,38,39,40)(H2,51,52,53)/t21-,22-,23+,24+,27+,30+,31+,34+/m0/s1. The number of ether oxygens (including phenoxy) is 3. The number of esters is 1. The van der Waals surface area contributed by atoms with Crippen LogP contribution < -0.4 is 22.5 Å². The lowest BCUT2D eigenvalue weighted by Gasteiger charge is -2.25. The molecule has 5 heterocycles. The maximum atomic E-state index is 13.9. The summed E-state index contributed by atoms with van der Waals surface area (Å²) in [6.45, 7) is 1.78. The van der Waals surface area contributed by atoms with Gasteiger partial charge in [-0.05, 0) is 24.5 Å². The molecule has 1 amide bonds. The number of phosphoric ester groups is 2. The van der Waals surface area contributed by atoms with Crippen LogP contribution in [-0.2, 0) is 57.7 Å². The second-order valence-corrected chi connectivity index (χ2v) is 18.0. The number of nitrogen functional groups attached to an aromatic ring is 2. The Balaban J connectivity index is 1.21. The number of imidazole rings is 1. The van der Waals surface area contributed by atoms with E-state index in [-0.39, 0.29) is 42.1 Å². The Morgan fingerprint density at radius 1 is 1.03 bits per heavy atom. The number of thioether (sulfide) groups is 1. The number of nitrogens with zero attached hydrogens (tertiary/aromatic N) is 6. The van der Waals surface area contributed by atoms with Crippen LogP contribution in [0, 0.1) is 0 Å². The van der Waals surface area contributed by atoms with Crippen molar-refractivity contribution in [3.8, 4) is 0 Å². The summed E-state index contributed by atoms with van der Waals surface area (Å²) in [6.07, 6.45) is -5.90. The summed E-state index contributed by atoms with van der Waals surface area (Å²) in [4.78, 5) is 97.9. The molecule has 28 heteroatoms. The molecule has 2 saturated heterocycles. The molecule has 2 aliphatic heterocycles. The Kier molecular flexibility index (Phi) is 16.2. The predicted octanol–water partition coefficient (Wildman–Crippen LogP) is 0.660. The quantitative estimate of drug-likeness (QED) is 0.0343. The lowest BCUT2D eigenvalue weighted by atomic mass is 10.1. The number of aromatic nitrogens is 6. The third-order valence-corrected chi connectivity index (χ3v) is 12.1. The first-order valence-electron chi connectivity index (χ1n) is 19.3. The normalized spacial score (nSPS) is 23.7. The van der Waals surface area contributed by atoms with Crippen molar-refractivity contribution in [3.63, 3.8) is 0 Å². The van der Waals surface area contributed by atoms with Gasteiger partial charge in [-0.15, -0.1) is 6.58 Å². The van der Waals surface area contributed by atoms with Crippen molar-refractivity contribution >= 4 is 67.2 Å². The number of nitrogens with one attached hydrogen (secondary N) is 1. The summed E-state index contributed by atoms with van der Waals surface area (Å²) < 4.78 is 60.1. The van der Waals surface area contributed by atoms with Crippen LogP contribution in [0.1, 0.15) is 43.7 Å². The molecule has 25 nitrogen and oxygen atoms in total. The van der Waals surface area contributed by atoms with E-state index >= 15 is 0 Å². The van der Waals surface area contributed by atoms with E-state index < -0.39 is 107 Å². The number of aliphatic hydroxyl groups excluding tert-OH is 1. The highest BCUT2D eigenvalue weighted by Crippen LogP contribution is 2.50. The molecule has 0 spiro atoms. The molecular formula is C36H45N9O16P2S. The Morgan fingerprint density at radius 3 is 2.50 bits per heavy atom. The van der Waals surface area contributed by atoms with Gasteiger partial charge < -0.3 is 50.8 Å². The van der Waals surface area contributed by atoms with Gasteiger partial charge >= 0.3 is 27.3 Å². The van der Waals surface area contributed by atoms with Gasteiger partial charge in [0.05, 0.1) is 19.5 Å². The zero-order valence-corrected chi connectivity index (χ0v) is 36.2. The van der Waals surface area contributed by atoms with E-state index in [0.717, 1.165) is 28.2 Å². The first-order chi connectivity index (χ1) is 30.4. The van der Waals surface area contributed by atoms with E-state index in [4.69, 9.17) is 34.7 Å². The van der Waals surface area contributed by atoms with Gasteiger partial charge in [0.15, 0.2) is 28.9 Å². The first-order valence-corrected chi connectivity index (χ1v) is 23.3. The molecule has 3 aromatic heterocycles. The third kappa shape index (κ3) is 12.9. The van der Waals surface area contributed by atoms with Crippen molar-refractivity contribution in [1.29, 1.82) is 0 Å². The number of phosphoric acid groups is 2. The molecule has 1 unspecified atom stereocenters. The topological polar surface area (TPSA) is 364 Å². The molecule has 1 aromatic carbocycles. The van der Waals surface area contributed by atoms with Crippen molar-refractivity contribution in [2.75, 3.05) is 30.4 Å². The van der Waals surface area contributed by atoms with Crippen LogP contribution in [0.25, 0.3) is 11.2 Å². The minimum absolute atomic E-state index is 0.0148. The van der Waals surface area contributed by atoms with E-state index in [1.54, 1.807) is 0 Å². The van der Waals surface area contributed by atoms with E-state index in [2.05, 4.69) is 36.4 Å². The summed E-state index contributed by atoms with van der Waals surface area (Å²) in [5.74, 6) is -1.53. The molecule has 0 radical (unpaired) electrons. The summed E-state index contributed by atoms with van der Waals surface area (Å²) in [5.41, 5.74) is 11.8. The van der Waals surface area contributed by atoms with Crippen molar-refractivity contribution in [2.24, 2.45) is 0 Å². The predicted molar refractivity (Wildman–Crippen MR) is 223 cm³/mol. The average Bonchev–Trinajstić information content (AvgIpc) is 3.93. The van der Waals surface area contributed by atoms with Gasteiger partial charge in [0, 0.05) is 31.2 Å². The maximum Gasteiger partial charge on any atom is 0.472 e. The summed E-state index contributed by atoms with van der Waals surface area (Å²) in [5, 5.41) is 13.8. The average molecular weight is 954 g/mol. The zero-order valence-electron chi connectivity index (χ0n) is 33.6. The van der Waals surface area contributed by atoms with Crippen LogP contribution in [0.5, 0.6) is 0 Å². The van der Waals surface area contributed by atoms with E-state index in [1.165, 1.54) is 29.2 Å². The fraction of sp³-hybridized carbons (Fsp3) is 0.444. The fourth-order valence-corrected chi connectivity index (χ4v) is 8.82. The molecule has 6 rings (SSSR count). The molecule has 4 aromatic rings. The van der Waals surface area contributed by atoms with Crippen LogP contribution in [0.15, 0.2) is 72.7 Å². The fourth-order valence-electron chi connectivity index (χ4n) is 6.66. The summed E-state index contributed by atoms with van der Waals surface area (Å²) in [6, 6.07) is 9.08. The van der Waals surface area contributed by atoms with E-state index in [1.807, 2.05) is 30.3 Å². The number of aryl methyl sites for hydroxylation is 1. The highest BCUT2D eigenvalue weighted by molar-refractivity contribution is 8.13. The number of aliphatic hydroxyl groups is 1. The highest BCUT2D eigenvalue weighted by atomic mass is 32.2. The van der Waals surface area contributed by atoms with E-state index in [0.29, 0.717) is 12.2 Å². The summed E-state index contributed by atoms with van der Waals surface area (Å²) >= 11 is 0.941. The Labute approximate surface area is 367 Å². The second kappa shape index (κ2) is 21.4. The van der Waals surface area contributed by atoms with Crippen LogP contribution in [0.4, 0.5) is 11.6 Å². The van der Waals surface area contributed by atoms with Gasteiger partial charge in [0.25, 0.3) is 0 Å². The van der Waals surface area contributed by atoms with Crippen molar-refractivity contribution in [1.82, 2.24) is 34.4 Å². The van der Waals surface area contributed by atoms with Gasteiger partial charge in [-0.2, -0.15) is 4.98 Å². The van der Waals surface area contributed by atoms with Crippen LogP contribution in [-0.4, -0.2) is 121 Å². The van der Waals surface area contributed by atoms with Gasteiger partial charge in [0.2, 0.25) is 5.91 Å². The number of hydrogen-bond donors (Lipinski definition) is 7. The molecule has 0 aliphatic carbocycles. The van der Waals surface area contributed by atoms with Crippen molar-refractivity contribution in [2.45, 2.75) is 81.1 Å². The van der Waals surface area contributed by atoms with Crippen LogP contribution in [0.2, 0.25) is 0 Å². The van der Waals surface area contributed by atoms with Gasteiger partial charge in [-0.1, -0.05) is 48.2 Å². The number of hydrogen-bond acceptors (Lipinski definition) is 20. The third-order valence-electron chi connectivity index (χ3n) is 9.71.